The molecule has 8 aromatic carbocycles. The van der Waals surface area contributed by atoms with Crippen molar-refractivity contribution in [2.75, 3.05) is 4.90 Å². The Labute approximate surface area is 337 Å². The number of benzene rings is 8. The molecule has 0 aromatic heterocycles. The van der Waals surface area contributed by atoms with Crippen molar-refractivity contribution in [1.29, 1.82) is 0 Å². The molecule has 10 rings (SSSR count). The van der Waals surface area contributed by atoms with Crippen LogP contribution >= 0.6 is 0 Å². The molecular weight excluding hydrogens is 687 g/mol. The Balaban J connectivity index is 1.16. The highest BCUT2D eigenvalue weighted by Crippen LogP contribution is 2.57. The van der Waals surface area contributed by atoms with Crippen LogP contribution in [0.3, 0.4) is 0 Å². The minimum atomic E-state index is -0.478. The third-order valence-corrected chi connectivity index (χ3v) is 12.7. The summed E-state index contributed by atoms with van der Waals surface area (Å²) in [6.07, 6.45) is 0. The Morgan fingerprint density at radius 2 is 0.860 bits per heavy atom. The highest BCUT2D eigenvalue weighted by molar-refractivity contribution is 5.91. The van der Waals surface area contributed by atoms with E-state index in [4.69, 9.17) is 0 Å². The molecule has 1 nitrogen and oxygen atoms in total. The molecule has 1 heteroatoms. The van der Waals surface area contributed by atoms with Gasteiger partial charge in [0.2, 0.25) is 0 Å². The fraction of sp³-hybridized carbons (Fsp3) is 0.143. The van der Waals surface area contributed by atoms with E-state index < -0.39 is 5.41 Å². The van der Waals surface area contributed by atoms with Crippen molar-refractivity contribution in [2.24, 2.45) is 0 Å². The molecule has 0 aliphatic heterocycles. The molecule has 8 aromatic rings. The zero-order chi connectivity index (χ0) is 38.9. The zero-order valence-electron chi connectivity index (χ0n) is 33.4. The van der Waals surface area contributed by atoms with E-state index in [1.807, 2.05) is 0 Å². The van der Waals surface area contributed by atoms with E-state index in [9.17, 15) is 0 Å². The Bertz CT molecular complexity index is 2730. The van der Waals surface area contributed by atoms with Gasteiger partial charge in [-0.2, -0.15) is 0 Å². The molecule has 0 heterocycles. The molecule has 0 saturated carbocycles. The van der Waals surface area contributed by atoms with E-state index in [0.29, 0.717) is 0 Å². The lowest BCUT2D eigenvalue weighted by Gasteiger charge is -2.35. The first-order valence-corrected chi connectivity index (χ1v) is 20.3. The van der Waals surface area contributed by atoms with Crippen molar-refractivity contribution in [3.63, 3.8) is 0 Å². The Kier molecular flexibility index (Phi) is 8.03. The number of anilines is 3. The number of fused-ring (bicyclic) bond motifs is 6. The van der Waals surface area contributed by atoms with E-state index in [1.165, 1.54) is 72.3 Å². The van der Waals surface area contributed by atoms with Gasteiger partial charge in [-0.15, -0.1) is 0 Å². The van der Waals surface area contributed by atoms with E-state index in [2.05, 4.69) is 234 Å². The first-order chi connectivity index (χ1) is 27.7. The monoisotopic (exact) mass is 733 g/mol. The summed E-state index contributed by atoms with van der Waals surface area (Å²) in [5, 5.41) is 0. The molecule has 2 aliphatic rings. The van der Waals surface area contributed by atoms with Gasteiger partial charge < -0.3 is 4.90 Å². The van der Waals surface area contributed by atoms with Gasteiger partial charge in [0.05, 0.1) is 5.41 Å². The summed E-state index contributed by atoms with van der Waals surface area (Å²) in [6, 6.07) is 72.4. The molecule has 0 spiro atoms. The van der Waals surface area contributed by atoms with Gasteiger partial charge in [-0.05, 0) is 114 Å². The van der Waals surface area contributed by atoms with Crippen molar-refractivity contribution >= 4 is 17.1 Å². The molecule has 0 radical (unpaired) electrons. The van der Waals surface area contributed by atoms with Crippen LogP contribution in [0.25, 0.3) is 33.4 Å². The second kappa shape index (κ2) is 13.1. The van der Waals surface area contributed by atoms with Crippen LogP contribution in [0.15, 0.2) is 194 Å². The number of rotatable bonds is 6. The van der Waals surface area contributed by atoms with Gasteiger partial charge in [0.25, 0.3) is 0 Å². The molecule has 0 fully saturated rings. The third-order valence-electron chi connectivity index (χ3n) is 12.7. The quantitative estimate of drug-likeness (QED) is 0.164. The molecule has 2 aliphatic carbocycles. The molecule has 0 saturated heterocycles. The van der Waals surface area contributed by atoms with Gasteiger partial charge >= 0.3 is 0 Å². The smallest absolute Gasteiger partial charge is 0.0714 e. The van der Waals surface area contributed by atoms with Gasteiger partial charge in [-0.1, -0.05) is 192 Å². The van der Waals surface area contributed by atoms with Crippen molar-refractivity contribution in [1.82, 2.24) is 0 Å². The van der Waals surface area contributed by atoms with Gasteiger partial charge in [0, 0.05) is 22.5 Å². The predicted molar refractivity (Wildman–Crippen MR) is 240 cm³/mol. The standard InChI is InChI=1S/C56H47N/c1-54(2,3)39-29-33-43(34-30-39)57(42-31-27-38(28-32-42)45-23-16-24-49-47-22-12-14-25-50(47)55(4,5)53(45)49)44-35-36-48-46-21-13-15-26-51(46)56(52(48)37-44,40-17-8-6-9-18-40)41-19-10-7-11-20-41/h6-37H,1-5H3. The SMILES string of the molecule is CC(C)(C)c1ccc(N(c2ccc(-c3cccc4c3C(C)(C)c3ccccc3-4)cc2)c2ccc3c(c2)C(c2ccccc2)(c2ccccc2)c2ccccc2-3)cc1. The summed E-state index contributed by atoms with van der Waals surface area (Å²) in [5.74, 6) is 0. The van der Waals surface area contributed by atoms with Gasteiger partial charge in [-0.25, -0.2) is 0 Å². The minimum absolute atomic E-state index is 0.0543. The van der Waals surface area contributed by atoms with Crippen LogP contribution in [0, 0.1) is 0 Å². The van der Waals surface area contributed by atoms with Crippen LogP contribution < -0.4 is 4.90 Å². The van der Waals surface area contributed by atoms with Crippen LogP contribution in [0.5, 0.6) is 0 Å². The van der Waals surface area contributed by atoms with Crippen LogP contribution in [-0.4, -0.2) is 0 Å². The van der Waals surface area contributed by atoms with Gasteiger partial charge in [0.15, 0.2) is 0 Å². The maximum absolute atomic E-state index is 2.46. The second-order valence-electron chi connectivity index (χ2n) is 17.3. The fourth-order valence-corrected chi connectivity index (χ4v) is 10.0. The minimum Gasteiger partial charge on any atom is -0.310 e. The lowest BCUT2D eigenvalue weighted by molar-refractivity contribution is 0.590. The largest absolute Gasteiger partial charge is 0.310 e. The van der Waals surface area contributed by atoms with E-state index in [-0.39, 0.29) is 10.8 Å². The maximum Gasteiger partial charge on any atom is 0.0714 e. The van der Waals surface area contributed by atoms with Crippen LogP contribution in [-0.2, 0) is 16.2 Å². The fourth-order valence-electron chi connectivity index (χ4n) is 10.0. The topological polar surface area (TPSA) is 3.24 Å². The lowest BCUT2D eigenvalue weighted by atomic mass is 9.67. The van der Waals surface area contributed by atoms with Crippen LogP contribution in [0.4, 0.5) is 17.1 Å². The van der Waals surface area contributed by atoms with Gasteiger partial charge in [-0.3, -0.25) is 0 Å². The van der Waals surface area contributed by atoms with Gasteiger partial charge in [0.1, 0.15) is 0 Å². The summed E-state index contributed by atoms with van der Waals surface area (Å²) in [6.45, 7) is 11.6. The molecule has 276 valence electrons. The van der Waals surface area contributed by atoms with Crippen molar-refractivity contribution in [3.8, 4) is 33.4 Å². The van der Waals surface area contributed by atoms with Crippen LogP contribution in [0.1, 0.15) is 73.6 Å². The molecular formula is C56H47N. The zero-order valence-corrected chi connectivity index (χ0v) is 33.4. The van der Waals surface area contributed by atoms with E-state index in [0.717, 1.165) is 17.1 Å². The molecule has 57 heavy (non-hydrogen) atoms. The van der Waals surface area contributed by atoms with Crippen molar-refractivity contribution < 1.29 is 0 Å². The van der Waals surface area contributed by atoms with E-state index >= 15 is 0 Å². The van der Waals surface area contributed by atoms with Crippen molar-refractivity contribution in [2.45, 2.75) is 50.9 Å². The number of hydrogen-bond donors (Lipinski definition) is 0. The van der Waals surface area contributed by atoms with Crippen LogP contribution in [0.2, 0.25) is 0 Å². The maximum atomic E-state index is 2.46. The summed E-state index contributed by atoms with van der Waals surface area (Å²) >= 11 is 0. The summed E-state index contributed by atoms with van der Waals surface area (Å²) in [5.41, 5.74) is 19.9. The first kappa shape index (κ1) is 35.0. The normalized spacial score (nSPS) is 14.3. The van der Waals surface area contributed by atoms with Crippen molar-refractivity contribution in [3.05, 3.63) is 233 Å². The molecule has 0 amide bonds. The predicted octanol–water partition coefficient (Wildman–Crippen LogP) is 14.8. The number of hydrogen-bond acceptors (Lipinski definition) is 1. The molecule has 0 N–H and O–H groups in total. The molecule has 0 unspecified atom stereocenters. The second-order valence-corrected chi connectivity index (χ2v) is 17.3. The average molecular weight is 734 g/mol. The summed E-state index contributed by atoms with van der Waals surface area (Å²) in [4.78, 5) is 2.44. The average Bonchev–Trinajstić information content (AvgIpc) is 3.67. The first-order valence-electron chi connectivity index (χ1n) is 20.3. The summed E-state index contributed by atoms with van der Waals surface area (Å²) in [7, 11) is 0. The Morgan fingerprint density at radius 1 is 0.386 bits per heavy atom. The lowest BCUT2D eigenvalue weighted by Crippen LogP contribution is -2.28. The highest BCUT2D eigenvalue weighted by atomic mass is 15.1. The third kappa shape index (κ3) is 5.36. The molecule has 0 bridgehead atoms. The number of nitrogens with zero attached hydrogens (tertiary/aromatic N) is 1. The van der Waals surface area contributed by atoms with E-state index in [1.54, 1.807) is 0 Å². The summed E-state index contributed by atoms with van der Waals surface area (Å²) < 4.78 is 0. The Morgan fingerprint density at radius 3 is 1.47 bits per heavy atom. The Hall–Kier alpha value is -6.44. The highest BCUT2D eigenvalue weighted by Gasteiger charge is 2.46. The molecule has 0 atom stereocenters.